The van der Waals surface area contributed by atoms with Crippen molar-refractivity contribution in [3.05, 3.63) is 136 Å². The first-order chi connectivity index (χ1) is 68.4. The van der Waals surface area contributed by atoms with E-state index >= 15 is 0 Å². The van der Waals surface area contributed by atoms with E-state index in [-0.39, 0.29) is 86.7 Å². The van der Waals surface area contributed by atoms with E-state index in [0.29, 0.717) is 65.9 Å². The number of sulfonamides is 1. The van der Waals surface area contributed by atoms with Crippen LogP contribution in [0.2, 0.25) is 103 Å². The Hall–Kier alpha value is -11.0. The number of nitriles is 4. The zero-order chi connectivity index (χ0) is 107. The number of halogens is 5. The molecule has 12 aromatic heterocycles. The second-order valence-corrected chi connectivity index (χ2v) is 71.2. The van der Waals surface area contributed by atoms with E-state index in [4.69, 9.17) is 28.9 Å². The summed E-state index contributed by atoms with van der Waals surface area (Å²) in [6, 6.07) is 21.2. The molecule has 4 fully saturated rings. The Bertz CT molecular complexity index is 6850. The van der Waals surface area contributed by atoms with Crippen molar-refractivity contribution in [3.8, 4) is 69.3 Å². The van der Waals surface area contributed by atoms with Crippen LogP contribution in [0.3, 0.4) is 0 Å². The summed E-state index contributed by atoms with van der Waals surface area (Å²) in [6.45, 7) is 51.8. The fraction of sp³-hybridized carbons (Fsp3) is 0.542. The number of H-pyrrole nitrogens is 1. The molecule has 148 heavy (non-hydrogen) atoms. The number of aromatic amines is 1. The summed E-state index contributed by atoms with van der Waals surface area (Å²) < 4.78 is 127. The zero-order valence-electron chi connectivity index (χ0n) is 87.9. The van der Waals surface area contributed by atoms with E-state index in [2.05, 4.69) is 199 Å². The maximum Gasteiger partial charge on any atom is 1.00 e. The molecular weight excluding hydrogens is 2030 g/mol. The normalized spacial score (nSPS) is 14.9. The van der Waals surface area contributed by atoms with Crippen molar-refractivity contribution in [3.63, 3.8) is 0 Å². The van der Waals surface area contributed by atoms with Crippen molar-refractivity contribution < 1.29 is 86.2 Å². The molecule has 0 radical (unpaired) electrons. The molecule has 2 N–H and O–H groups in total. The number of hydrogen-bond donors (Lipinski definition) is 2. The van der Waals surface area contributed by atoms with Gasteiger partial charge in [0.25, 0.3) is 0 Å². The van der Waals surface area contributed by atoms with E-state index in [1.54, 1.807) is 63.7 Å². The number of rotatable bonds is 34. The zero-order valence-corrected chi connectivity index (χ0v) is 94.3. The summed E-state index contributed by atoms with van der Waals surface area (Å²) in [4.78, 5) is 63.1. The van der Waals surface area contributed by atoms with Crippen LogP contribution < -0.4 is 24.2 Å². The topological polar surface area (TPSA) is 470 Å². The molecule has 796 valence electrons. The molecule has 0 atom stereocenters. The van der Waals surface area contributed by atoms with Gasteiger partial charge in [-0.1, -0.05) is 114 Å². The molecule has 16 rings (SSSR count). The summed E-state index contributed by atoms with van der Waals surface area (Å²) in [5.41, 5.74) is 9.08. The van der Waals surface area contributed by atoms with Crippen LogP contribution in [0.4, 0.5) is 22.1 Å². The Kier molecular flexibility index (Phi) is 43.0. The number of allylic oxidation sites excluding steroid dienone is 1. The molecule has 0 unspecified atom stereocenters. The van der Waals surface area contributed by atoms with Gasteiger partial charge in [-0.05, 0) is 87.1 Å². The Balaban J connectivity index is 0.000000224. The van der Waals surface area contributed by atoms with Crippen LogP contribution in [0.1, 0.15) is 88.5 Å². The van der Waals surface area contributed by atoms with Crippen molar-refractivity contribution in [1.82, 2.24) is 117 Å². The van der Waals surface area contributed by atoms with Gasteiger partial charge in [0.15, 0.2) is 0 Å². The Morgan fingerprint density at radius 1 is 0.500 bits per heavy atom. The minimum Gasteiger partial charge on any atom is -0.444 e. The molecule has 12 aromatic rings. The molecule has 4 saturated heterocycles. The SMILES string of the molecule is C.CC(C)(C)CC(=O)N1CC(=CC#N)C1.CC(C)(C)OC(=O)N1CC(CC#N)(n2cc(-c3ncnc4c3ccn4COCC[Si](C)(C)C)cn2)C1.CCS(=O)(=O)Cl.CCS(=O)(=O)N1CC(CC#N)(n2cc(-c3ncnc4c3ccn4COCC[Si](C)(C)C)cn2)C1.C[Si](C)(C)CCOCn1ccc2c(-c3cn[nH]c3)ncnc21.C[Si](C)(C)CCOCn1ccc2c(-c3cnn(C4(CC#N)CNC4)c3)ncnc21.F[B-](F)(F)F.[Li+]. The Morgan fingerprint density at radius 2 is 0.824 bits per heavy atom. The minimum atomic E-state index is -6.00. The van der Waals surface area contributed by atoms with Crippen LogP contribution in [0.5, 0.6) is 0 Å². The monoisotopic (exact) mass is 2160 g/mol. The summed E-state index contributed by atoms with van der Waals surface area (Å²) in [7, 11) is -12.2. The number of hydrogen-bond acceptors (Lipinski definition) is 28. The van der Waals surface area contributed by atoms with Gasteiger partial charge < -0.3 is 74.3 Å². The molecule has 0 spiro atoms. The molecule has 0 saturated carbocycles. The second-order valence-electron chi connectivity index (χ2n) is 43.4. The van der Waals surface area contributed by atoms with Crippen LogP contribution in [0, 0.1) is 50.7 Å². The standard InChI is InChI=1S/C25H35N7O3Si.C22H31N7O3SSi.C20H27N7OSi.C15H21N5OSi.C11H16N2O.C2H5ClO2S.CH4.BF4.Li/c1-24(2,3)35-23(33)31-15-25(16-31,8-9-26)32-14-19(13-29-32)21-20-7-10-30(22(20)28-17-27-21)18-34-11-12-36(4,5)6;1-5-33(30,31)28-14-22(15-28,7-8-23)29-13-18(12-26-29)20-19-6-9-27(21(19)25-16-24-20)17-32-10-11-34(2,3)4;1-29(2,3)9-8-28-15-26-7-4-17-18(23-14-24-19(17)26)16-10-25-27(11-16)20(5-6-21)12-22-13-20;1-22(2,3)7-6-21-11-20-5-4-13-14(12-8-18-19-9-12)16-10-17-15(13)20;1-11(2,3)6-10(14)13-7-9(8-13)4-5-12;1-2-6(3,4)5;;2-1(3,4)5;/h7,10,13-14,17H,8,11-12,15-16,18H2,1-6H3;6,9,12-13,16H,5,7,10-11,14-15,17H2,1-4H3;4,7,10-11,14,22H,5,8-9,12-13,15H2,1-3H3;4-5,8-10H,6-7,11H2,1-3H3,(H,18,19);4H,6-8H2,1-3H3;2H2,1H3;1H4;;/q;;;;;;;-1;+1. The van der Waals surface area contributed by atoms with E-state index < -0.39 is 75.3 Å². The van der Waals surface area contributed by atoms with Crippen molar-refractivity contribution in [2.45, 2.75) is 240 Å². The van der Waals surface area contributed by atoms with Gasteiger partial charge >= 0.3 is 32.2 Å². The quantitative estimate of drug-likeness (QED) is 0.0124. The number of nitrogens with one attached hydrogen (secondary N) is 2. The first-order valence-electron chi connectivity index (χ1n) is 48.0. The number of fused-ring (bicyclic) bond motifs is 4. The predicted molar refractivity (Wildman–Crippen MR) is 571 cm³/mol. The molecule has 4 aliphatic rings. The summed E-state index contributed by atoms with van der Waals surface area (Å²) in [5, 5.41) is 63.9. The fourth-order valence-corrected chi connectivity index (χ4v) is 19.7. The second kappa shape index (κ2) is 52.1. The van der Waals surface area contributed by atoms with Crippen molar-refractivity contribution in [2.24, 2.45) is 5.41 Å². The van der Waals surface area contributed by atoms with Crippen LogP contribution in [-0.2, 0) is 91.1 Å². The average molecular weight is 2170 g/mol. The van der Waals surface area contributed by atoms with Gasteiger partial charge in [0.2, 0.25) is 25.0 Å². The molecule has 52 heteroatoms. The fourth-order valence-electron chi connectivity index (χ4n) is 15.4. The van der Waals surface area contributed by atoms with E-state index in [1.807, 2.05) is 130 Å². The minimum absolute atomic E-state index is 0. The third kappa shape index (κ3) is 35.3. The van der Waals surface area contributed by atoms with Gasteiger partial charge in [-0.15, -0.1) is 0 Å². The number of carbonyl (C=O) groups is 2. The van der Waals surface area contributed by atoms with Crippen LogP contribution >= 0.6 is 10.7 Å². The van der Waals surface area contributed by atoms with Crippen molar-refractivity contribution >= 4 is 125 Å². The molecule has 0 aromatic carbocycles. The Morgan fingerprint density at radius 3 is 1.10 bits per heavy atom. The van der Waals surface area contributed by atoms with Gasteiger partial charge in [0.05, 0.1) is 116 Å². The first kappa shape index (κ1) is 122. The molecule has 39 nitrogen and oxygen atoms in total. The van der Waals surface area contributed by atoms with E-state index in [0.717, 1.165) is 152 Å². The number of likely N-dealkylation sites (tertiary alicyclic amines) is 2. The number of aromatic nitrogens is 20. The predicted octanol–water partition coefficient (Wildman–Crippen LogP) is 14.5. The molecule has 0 bridgehead atoms. The van der Waals surface area contributed by atoms with Gasteiger partial charge in [-0.25, -0.2) is 61.5 Å². The van der Waals surface area contributed by atoms with Gasteiger partial charge in [-0.2, -0.15) is 45.7 Å². The number of amides is 2. The summed E-state index contributed by atoms with van der Waals surface area (Å²) >= 11 is 0. The van der Waals surface area contributed by atoms with E-state index in [9.17, 15) is 59.5 Å². The van der Waals surface area contributed by atoms with E-state index in [1.165, 1.54) is 29.7 Å². The number of nitrogens with zero attached hydrogens (tertiary/aromatic N) is 26. The van der Waals surface area contributed by atoms with Crippen LogP contribution in [0.15, 0.2) is 136 Å². The number of ether oxygens (including phenoxy) is 5. The number of carbonyl (C=O) groups excluding carboxylic acids is 2. The third-order valence-electron chi connectivity index (χ3n) is 23.8. The van der Waals surface area contributed by atoms with Crippen molar-refractivity contribution in [2.75, 3.05) is 90.3 Å². The summed E-state index contributed by atoms with van der Waals surface area (Å²) in [6.07, 6.45) is 31.3. The van der Waals surface area contributed by atoms with Gasteiger partial charge in [0, 0.05) is 215 Å². The summed E-state index contributed by atoms with van der Waals surface area (Å²) in [5.74, 6) is 0.236. The maximum absolute atomic E-state index is 12.4. The smallest absolute Gasteiger partial charge is 0.444 e. The maximum atomic E-state index is 12.4. The average Bonchev–Trinajstić information content (AvgIpc) is 1.38. The first-order valence-corrected chi connectivity index (χ1v) is 66.9. The third-order valence-corrected chi connectivity index (χ3v) is 33.8. The largest absolute Gasteiger partial charge is 1.00 e. The van der Waals surface area contributed by atoms with Crippen LogP contribution in [0.25, 0.3) is 89.2 Å². The molecule has 0 aliphatic carbocycles. The molecule has 16 heterocycles. The molecule has 2 amide bonds. The van der Waals surface area contributed by atoms with Crippen molar-refractivity contribution in [1.29, 1.82) is 21.0 Å². The molecular formula is C96H139BClF4LiN28O11S2Si4. The van der Waals surface area contributed by atoms with Gasteiger partial charge in [0.1, 0.15) is 97.0 Å². The Labute approximate surface area is 884 Å². The van der Waals surface area contributed by atoms with Crippen LogP contribution in [-0.4, -0.2) is 276 Å². The van der Waals surface area contributed by atoms with Gasteiger partial charge in [-0.3, -0.25) is 23.9 Å². The molecule has 4 aliphatic heterocycles.